The first-order chi connectivity index (χ1) is 11.1. The van der Waals surface area contributed by atoms with E-state index in [1.165, 1.54) is 17.3 Å². The Hall–Kier alpha value is -3.49. The summed E-state index contributed by atoms with van der Waals surface area (Å²) in [5, 5.41) is 21.4. The second-order valence-electron chi connectivity index (χ2n) is 4.76. The van der Waals surface area contributed by atoms with E-state index in [-0.39, 0.29) is 5.56 Å². The van der Waals surface area contributed by atoms with E-state index < -0.39 is 17.1 Å². The average molecular weight is 312 g/mol. The molecular weight excluding hydrogens is 300 g/mol. The van der Waals surface area contributed by atoms with Crippen molar-refractivity contribution >= 4 is 6.21 Å². The van der Waals surface area contributed by atoms with Gasteiger partial charge in [0, 0.05) is 0 Å². The van der Waals surface area contributed by atoms with Crippen LogP contribution in [0.1, 0.15) is 11.1 Å². The first-order valence-corrected chi connectivity index (χ1v) is 6.60. The van der Waals surface area contributed by atoms with E-state index in [1.807, 2.05) is 13.0 Å². The molecule has 0 saturated carbocycles. The highest BCUT2D eigenvalue weighted by Crippen LogP contribution is 2.16. The summed E-state index contributed by atoms with van der Waals surface area (Å²) in [6.45, 7) is 1.85. The molecule has 2 heterocycles. The minimum Gasteiger partial charge on any atom is -0.493 e. The quantitative estimate of drug-likeness (QED) is 0.661. The van der Waals surface area contributed by atoms with Gasteiger partial charge in [0.05, 0.1) is 11.9 Å². The first kappa shape index (κ1) is 14.4. The Morgan fingerprint density at radius 1 is 1.26 bits per heavy atom. The standard InChI is InChI=1S/C14H12N6O3/c1-9-3-2-4-10(5-9)20-13(22)11(12(21)18-14(20)23)6-17-19-7-15-16-8-19/h2-8,22H,1H3,(H,18,21,23)/b17-6+. The Bertz CT molecular complexity index is 984. The summed E-state index contributed by atoms with van der Waals surface area (Å²) < 4.78 is 2.25. The molecule has 0 unspecified atom stereocenters. The van der Waals surface area contributed by atoms with Crippen molar-refractivity contribution in [2.75, 3.05) is 0 Å². The van der Waals surface area contributed by atoms with Crippen LogP contribution in [0.3, 0.4) is 0 Å². The molecule has 3 aromatic rings. The summed E-state index contributed by atoms with van der Waals surface area (Å²) in [4.78, 5) is 26.1. The lowest BCUT2D eigenvalue weighted by Gasteiger charge is -2.10. The number of aromatic amines is 1. The lowest BCUT2D eigenvalue weighted by atomic mass is 10.2. The van der Waals surface area contributed by atoms with E-state index in [4.69, 9.17) is 0 Å². The SMILES string of the molecule is Cc1cccc(-n2c(O)c(/C=N/n3cnnc3)c(=O)[nH]c2=O)c1. The predicted molar refractivity (Wildman–Crippen MR) is 82.1 cm³/mol. The van der Waals surface area contributed by atoms with E-state index in [1.54, 1.807) is 18.2 Å². The highest BCUT2D eigenvalue weighted by molar-refractivity contribution is 5.82. The molecule has 0 spiro atoms. The molecule has 23 heavy (non-hydrogen) atoms. The van der Waals surface area contributed by atoms with Crippen molar-refractivity contribution in [1.29, 1.82) is 0 Å². The number of rotatable bonds is 3. The molecule has 0 aliphatic rings. The third-order valence-electron chi connectivity index (χ3n) is 3.11. The zero-order chi connectivity index (χ0) is 16.4. The fourth-order valence-electron chi connectivity index (χ4n) is 2.04. The van der Waals surface area contributed by atoms with Crippen LogP contribution >= 0.6 is 0 Å². The molecule has 9 nitrogen and oxygen atoms in total. The summed E-state index contributed by atoms with van der Waals surface area (Å²) >= 11 is 0. The van der Waals surface area contributed by atoms with E-state index in [0.29, 0.717) is 5.69 Å². The third-order valence-corrected chi connectivity index (χ3v) is 3.11. The number of hydrogen-bond donors (Lipinski definition) is 2. The van der Waals surface area contributed by atoms with Crippen LogP contribution in [0.2, 0.25) is 0 Å². The van der Waals surface area contributed by atoms with Crippen LogP contribution < -0.4 is 11.2 Å². The second-order valence-corrected chi connectivity index (χ2v) is 4.76. The van der Waals surface area contributed by atoms with Gasteiger partial charge in [-0.15, -0.1) is 10.2 Å². The molecule has 9 heteroatoms. The Morgan fingerprint density at radius 2 is 2.00 bits per heavy atom. The lowest BCUT2D eigenvalue weighted by Crippen LogP contribution is -2.31. The minimum absolute atomic E-state index is 0.153. The maximum Gasteiger partial charge on any atom is 0.335 e. The van der Waals surface area contributed by atoms with Gasteiger partial charge >= 0.3 is 5.69 Å². The van der Waals surface area contributed by atoms with Crippen molar-refractivity contribution in [3.63, 3.8) is 0 Å². The maximum atomic E-state index is 12.0. The van der Waals surface area contributed by atoms with Crippen LogP contribution in [-0.4, -0.2) is 35.7 Å². The minimum atomic E-state index is -0.742. The van der Waals surface area contributed by atoms with Gasteiger partial charge in [0.25, 0.3) is 5.56 Å². The van der Waals surface area contributed by atoms with Crippen LogP contribution in [0.25, 0.3) is 5.69 Å². The fraction of sp³-hybridized carbons (Fsp3) is 0.0714. The van der Waals surface area contributed by atoms with Crippen molar-refractivity contribution in [1.82, 2.24) is 24.4 Å². The number of nitrogens with zero attached hydrogens (tertiary/aromatic N) is 5. The molecule has 2 aromatic heterocycles. The molecule has 2 N–H and O–H groups in total. The average Bonchev–Trinajstić information content (AvgIpc) is 3.00. The number of hydrogen-bond acceptors (Lipinski definition) is 6. The van der Waals surface area contributed by atoms with Crippen molar-refractivity contribution in [2.24, 2.45) is 5.10 Å². The number of H-pyrrole nitrogens is 1. The van der Waals surface area contributed by atoms with Crippen molar-refractivity contribution < 1.29 is 5.11 Å². The summed E-state index contributed by atoms with van der Waals surface area (Å²) in [5.41, 5.74) is -0.296. The predicted octanol–water partition coefficient (Wildman–Crippen LogP) is 0.0135. The monoisotopic (exact) mass is 312 g/mol. The fourth-order valence-corrected chi connectivity index (χ4v) is 2.04. The van der Waals surface area contributed by atoms with E-state index >= 15 is 0 Å². The van der Waals surface area contributed by atoms with Crippen molar-refractivity contribution in [2.45, 2.75) is 6.92 Å². The topological polar surface area (TPSA) is 118 Å². The van der Waals surface area contributed by atoms with Gasteiger partial charge in [-0.1, -0.05) is 12.1 Å². The van der Waals surface area contributed by atoms with Gasteiger partial charge in [-0.25, -0.2) is 14.0 Å². The Labute approximate surface area is 129 Å². The Balaban J connectivity index is 2.17. The van der Waals surface area contributed by atoms with Gasteiger partial charge in [0.15, 0.2) is 0 Å². The molecule has 0 bridgehead atoms. The van der Waals surface area contributed by atoms with Crippen LogP contribution in [0.4, 0.5) is 0 Å². The number of aromatic hydroxyl groups is 1. The molecule has 3 rings (SSSR count). The van der Waals surface area contributed by atoms with Crippen LogP contribution in [0, 0.1) is 6.92 Å². The number of nitrogens with one attached hydrogen (secondary N) is 1. The van der Waals surface area contributed by atoms with E-state index in [9.17, 15) is 14.7 Å². The molecule has 0 aliphatic heterocycles. The lowest BCUT2D eigenvalue weighted by molar-refractivity contribution is 0.430. The Kier molecular flexibility index (Phi) is 3.59. The summed E-state index contributed by atoms with van der Waals surface area (Å²) in [6, 6.07) is 6.95. The summed E-state index contributed by atoms with van der Waals surface area (Å²) in [5.74, 6) is -0.499. The summed E-state index contributed by atoms with van der Waals surface area (Å²) in [6.07, 6.45) is 3.76. The van der Waals surface area contributed by atoms with Gasteiger partial charge < -0.3 is 5.11 Å². The van der Waals surface area contributed by atoms with Crippen molar-refractivity contribution in [3.05, 3.63) is 68.9 Å². The number of aryl methyl sites for hydroxylation is 1. The van der Waals surface area contributed by atoms with Gasteiger partial charge in [-0.3, -0.25) is 9.78 Å². The zero-order valence-electron chi connectivity index (χ0n) is 12.0. The van der Waals surface area contributed by atoms with Gasteiger partial charge in [0.1, 0.15) is 18.2 Å². The molecule has 1 aromatic carbocycles. The highest BCUT2D eigenvalue weighted by atomic mass is 16.3. The first-order valence-electron chi connectivity index (χ1n) is 6.60. The van der Waals surface area contributed by atoms with Crippen LogP contribution in [-0.2, 0) is 0 Å². The third kappa shape index (κ3) is 2.79. The van der Waals surface area contributed by atoms with Gasteiger partial charge in [-0.2, -0.15) is 5.10 Å². The maximum absolute atomic E-state index is 12.0. The largest absolute Gasteiger partial charge is 0.493 e. The van der Waals surface area contributed by atoms with Crippen LogP contribution in [0.5, 0.6) is 5.88 Å². The summed E-state index contributed by atoms with van der Waals surface area (Å²) in [7, 11) is 0. The van der Waals surface area contributed by atoms with E-state index in [0.717, 1.165) is 16.3 Å². The highest BCUT2D eigenvalue weighted by Gasteiger charge is 2.14. The number of aromatic nitrogens is 5. The molecule has 0 amide bonds. The molecule has 116 valence electrons. The van der Waals surface area contributed by atoms with E-state index in [2.05, 4.69) is 20.3 Å². The van der Waals surface area contributed by atoms with Crippen LogP contribution in [0.15, 0.2) is 51.6 Å². The smallest absolute Gasteiger partial charge is 0.335 e. The molecular formula is C14H12N6O3. The molecule has 0 fully saturated rings. The Morgan fingerprint density at radius 3 is 2.70 bits per heavy atom. The molecule has 0 atom stereocenters. The van der Waals surface area contributed by atoms with Crippen molar-refractivity contribution in [3.8, 4) is 11.6 Å². The molecule has 0 radical (unpaired) electrons. The van der Waals surface area contributed by atoms with Gasteiger partial charge in [-0.05, 0) is 24.6 Å². The zero-order valence-corrected chi connectivity index (χ0v) is 12.0. The number of benzene rings is 1. The normalized spacial score (nSPS) is 11.2. The van der Waals surface area contributed by atoms with Gasteiger partial charge in [0.2, 0.25) is 5.88 Å². The second kappa shape index (κ2) is 5.72. The molecule has 0 saturated heterocycles. The molecule has 0 aliphatic carbocycles.